The van der Waals surface area contributed by atoms with Gasteiger partial charge in [0.2, 0.25) is 0 Å². The van der Waals surface area contributed by atoms with Crippen LogP contribution in [-0.2, 0) is 19.6 Å². The van der Waals surface area contributed by atoms with Gasteiger partial charge in [0.15, 0.2) is 0 Å². The summed E-state index contributed by atoms with van der Waals surface area (Å²) in [5.74, 6) is -0.181. The van der Waals surface area contributed by atoms with Crippen LogP contribution in [0.25, 0.3) is 0 Å². The van der Waals surface area contributed by atoms with E-state index in [4.69, 9.17) is 9.78 Å². The Morgan fingerprint density at radius 2 is 1.83 bits per heavy atom. The lowest BCUT2D eigenvalue weighted by Crippen LogP contribution is -2.32. The summed E-state index contributed by atoms with van der Waals surface area (Å²) in [4.78, 5) is 21.5. The first kappa shape index (κ1) is 17.4. The van der Waals surface area contributed by atoms with Crippen LogP contribution in [0.15, 0.2) is 0 Å². The number of unbranched alkanes of at least 4 members (excludes halogenated alkanes) is 1. The Hall–Kier alpha value is -0.610. The molecule has 0 saturated carbocycles. The molecular weight excluding hydrogens is 232 g/mol. The molecule has 0 N–H and O–H groups in total. The Bertz CT molecular complexity index is 236. The summed E-state index contributed by atoms with van der Waals surface area (Å²) in [6.45, 7) is 11.9. The van der Waals surface area contributed by atoms with E-state index in [0.29, 0.717) is 0 Å². The van der Waals surface area contributed by atoms with Crippen molar-refractivity contribution < 1.29 is 19.6 Å². The Labute approximate surface area is 111 Å². The molecule has 0 aliphatic rings. The quantitative estimate of drug-likeness (QED) is 0.463. The molecule has 0 amide bonds. The van der Waals surface area contributed by atoms with Crippen LogP contribution < -0.4 is 0 Å². The summed E-state index contributed by atoms with van der Waals surface area (Å²) in [7, 11) is 0. The van der Waals surface area contributed by atoms with Crippen LogP contribution in [0.1, 0.15) is 67.2 Å². The van der Waals surface area contributed by atoms with Crippen LogP contribution >= 0.6 is 0 Å². The van der Waals surface area contributed by atoms with Gasteiger partial charge in [-0.3, -0.25) is 4.89 Å². The third-order valence-corrected chi connectivity index (χ3v) is 3.49. The number of hydrogen-bond donors (Lipinski definition) is 0. The minimum Gasteiger partial charge on any atom is -0.269 e. The average molecular weight is 260 g/mol. The van der Waals surface area contributed by atoms with Crippen LogP contribution in [0, 0.1) is 11.8 Å². The van der Waals surface area contributed by atoms with Gasteiger partial charge in [0.1, 0.15) is 5.60 Å². The van der Waals surface area contributed by atoms with Crippen molar-refractivity contribution in [2.45, 2.75) is 72.8 Å². The van der Waals surface area contributed by atoms with Gasteiger partial charge in [0.25, 0.3) is 0 Å². The van der Waals surface area contributed by atoms with Gasteiger partial charge in [-0.05, 0) is 37.6 Å². The van der Waals surface area contributed by atoms with Crippen LogP contribution in [0.4, 0.5) is 0 Å². The van der Waals surface area contributed by atoms with Crippen LogP contribution in [0.2, 0.25) is 0 Å². The fraction of sp³-hybridized carbons (Fsp3) is 0.929. The molecule has 4 nitrogen and oxygen atoms in total. The second kappa shape index (κ2) is 8.48. The molecule has 0 heterocycles. The monoisotopic (exact) mass is 260 g/mol. The molecular formula is C14H28O4. The maximum atomic E-state index is 11.7. The molecule has 0 fully saturated rings. The van der Waals surface area contributed by atoms with Gasteiger partial charge in [-0.2, -0.15) is 4.89 Å². The molecule has 4 heteroatoms. The van der Waals surface area contributed by atoms with E-state index < -0.39 is 5.60 Å². The first-order valence-electron chi connectivity index (χ1n) is 6.91. The maximum Gasteiger partial charge on any atom is 0.348 e. The summed E-state index contributed by atoms with van der Waals surface area (Å²) in [6, 6.07) is 0. The van der Waals surface area contributed by atoms with E-state index in [2.05, 4.69) is 12.0 Å². The normalized spacial score (nSPS) is 13.7. The first-order chi connectivity index (χ1) is 8.35. The zero-order valence-corrected chi connectivity index (χ0v) is 12.6. The fourth-order valence-electron chi connectivity index (χ4n) is 1.24. The number of hydrogen-bond acceptors (Lipinski definition) is 4. The summed E-state index contributed by atoms with van der Waals surface area (Å²) in [5.41, 5.74) is -0.481. The SMILES string of the molecule is CCCCC(CC)C(=O)OOOC(C)(C)C(C)C. The number of carbonyl (C=O) groups excluding carboxylic acids is 1. The topological polar surface area (TPSA) is 44.8 Å². The molecule has 0 aliphatic heterocycles. The molecule has 0 aromatic heterocycles. The predicted octanol–water partition coefficient (Wildman–Crippen LogP) is 4.04. The summed E-state index contributed by atoms with van der Waals surface area (Å²) >= 11 is 0. The number of rotatable bonds is 9. The Balaban J connectivity index is 4.01. The van der Waals surface area contributed by atoms with E-state index in [1.165, 1.54) is 0 Å². The molecule has 108 valence electrons. The molecule has 0 bridgehead atoms. The van der Waals surface area contributed by atoms with Gasteiger partial charge < -0.3 is 0 Å². The van der Waals surface area contributed by atoms with E-state index in [0.717, 1.165) is 25.7 Å². The largest absolute Gasteiger partial charge is 0.348 e. The van der Waals surface area contributed by atoms with Crippen molar-refractivity contribution in [1.29, 1.82) is 0 Å². The average Bonchev–Trinajstić information content (AvgIpc) is 2.29. The van der Waals surface area contributed by atoms with E-state index in [1.807, 2.05) is 34.6 Å². The smallest absolute Gasteiger partial charge is 0.269 e. The second-order valence-corrected chi connectivity index (χ2v) is 5.56. The summed E-state index contributed by atoms with van der Waals surface area (Å²) < 4.78 is 0. The molecule has 0 saturated heterocycles. The van der Waals surface area contributed by atoms with Gasteiger partial charge in [-0.25, -0.2) is 4.79 Å². The molecule has 0 aliphatic carbocycles. The molecule has 0 spiro atoms. The van der Waals surface area contributed by atoms with Crippen molar-refractivity contribution >= 4 is 5.97 Å². The Morgan fingerprint density at radius 3 is 2.28 bits per heavy atom. The van der Waals surface area contributed by atoms with Gasteiger partial charge in [0, 0.05) is 0 Å². The zero-order valence-electron chi connectivity index (χ0n) is 12.6. The Kier molecular flexibility index (Phi) is 8.20. The maximum absolute atomic E-state index is 11.7. The third-order valence-electron chi connectivity index (χ3n) is 3.49. The van der Waals surface area contributed by atoms with E-state index in [-0.39, 0.29) is 17.8 Å². The third kappa shape index (κ3) is 6.36. The van der Waals surface area contributed by atoms with Gasteiger partial charge in [-0.1, -0.05) is 40.5 Å². The lowest BCUT2D eigenvalue weighted by atomic mass is 9.95. The van der Waals surface area contributed by atoms with E-state index >= 15 is 0 Å². The minimum absolute atomic E-state index is 0.101. The molecule has 0 radical (unpaired) electrons. The second-order valence-electron chi connectivity index (χ2n) is 5.56. The highest BCUT2D eigenvalue weighted by atomic mass is 17.5. The first-order valence-corrected chi connectivity index (χ1v) is 6.91. The van der Waals surface area contributed by atoms with Crippen molar-refractivity contribution in [2.24, 2.45) is 11.8 Å². The Morgan fingerprint density at radius 1 is 1.22 bits per heavy atom. The van der Waals surface area contributed by atoms with Crippen molar-refractivity contribution in [3.8, 4) is 0 Å². The highest BCUT2D eigenvalue weighted by Gasteiger charge is 2.26. The fourth-order valence-corrected chi connectivity index (χ4v) is 1.24. The standard InChI is InChI=1S/C14H28O4/c1-7-9-10-12(8-2)13(15)16-18-17-14(5,6)11(3)4/h11-12H,7-10H2,1-6H3. The number of carbonyl (C=O) groups is 1. The minimum atomic E-state index is -0.481. The highest BCUT2D eigenvalue weighted by Crippen LogP contribution is 2.21. The summed E-state index contributed by atoms with van der Waals surface area (Å²) in [6.07, 6.45) is 3.69. The predicted molar refractivity (Wildman–Crippen MR) is 70.5 cm³/mol. The van der Waals surface area contributed by atoms with Crippen LogP contribution in [-0.4, -0.2) is 11.6 Å². The lowest BCUT2D eigenvalue weighted by Gasteiger charge is -2.26. The summed E-state index contributed by atoms with van der Waals surface area (Å²) in [5, 5.41) is 4.63. The zero-order chi connectivity index (χ0) is 14.2. The van der Waals surface area contributed by atoms with Gasteiger partial charge in [0.05, 0.1) is 5.92 Å². The van der Waals surface area contributed by atoms with Crippen molar-refractivity contribution in [3.05, 3.63) is 0 Å². The van der Waals surface area contributed by atoms with E-state index in [9.17, 15) is 4.79 Å². The van der Waals surface area contributed by atoms with Gasteiger partial charge >= 0.3 is 5.97 Å². The van der Waals surface area contributed by atoms with Crippen LogP contribution in [0.5, 0.6) is 0 Å². The molecule has 18 heavy (non-hydrogen) atoms. The van der Waals surface area contributed by atoms with Crippen molar-refractivity contribution in [1.82, 2.24) is 0 Å². The van der Waals surface area contributed by atoms with Crippen LogP contribution in [0.3, 0.4) is 0 Å². The molecule has 1 unspecified atom stereocenters. The van der Waals surface area contributed by atoms with Gasteiger partial charge in [-0.15, -0.1) is 0 Å². The van der Waals surface area contributed by atoms with Crippen molar-refractivity contribution in [2.75, 3.05) is 0 Å². The highest BCUT2D eigenvalue weighted by molar-refractivity contribution is 5.71. The van der Waals surface area contributed by atoms with E-state index in [1.54, 1.807) is 0 Å². The molecule has 0 aromatic rings. The molecule has 1 atom stereocenters. The lowest BCUT2D eigenvalue weighted by molar-refractivity contribution is -0.521. The van der Waals surface area contributed by atoms with Crippen molar-refractivity contribution in [3.63, 3.8) is 0 Å². The molecule has 0 rings (SSSR count). The molecule has 0 aromatic carbocycles.